The third-order valence-electron chi connectivity index (χ3n) is 6.27. The number of likely N-dealkylation sites (tertiary alicyclic amines) is 1. The van der Waals surface area contributed by atoms with Crippen LogP contribution in [0.25, 0.3) is 27.8 Å². The lowest BCUT2D eigenvalue weighted by Crippen LogP contribution is -2.50. The Morgan fingerprint density at radius 1 is 1.08 bits per heavy atom. The van der Waals surface area contributed by atoms with Crippen LogP contribution in [-0.4, -0.2) is 60.6 Å². The van der Waals surface area contributed by atoms with Gasteiger partial charge in [-0.2, -0.15) is 10.2 Å². The van der Waals surface area contributed by atoms with Crippen molar-refractivity contribution in [1.82, 2.24) is 29.4 Å². The Balaban J connectivity index is 1.56. The van der Waals surface area contributed by atoms with Crippen molar-refractivity contribution in [2.24, 2.45) is 0 Å². The second kappa shape index (κ2) is 9.58. The van der Waals surface area contributed by atoms with Gasteiger partial charge < -0.3 is 14.4 Å². The molecule has 12 heteroatoms. The average molecular weight is 543 g/mol. The minimum Gasteiger partial charge on any atom is -0.444 e. The molecule has 1 saturated heterocycles. The van der Waals surface area contributed by atoms with E-state index in [-0.39, 0.29) is 23.8 Å². The summed E-state index contributed by atoms with van der Waals surface area (Å²) in [5.74, 6) is -0.415. The molecule has 1 aliphatic rings. The van der Waals surface area contributed by atoms with Crippen LogP contribution in [0.4, 0.5) is 18.0 Å². The number of aromatic nitrogens is 5. The molecule has 3 aromatic heterocycles. The number of carbonyl (C=O) groups excluding carboxylic acids is 1. The Morgan fingerprint density at radius 2 is 1.77 bits per heavy atom. The summed E-state index contributed by atoms with van der Waals surface area (Å²) in [5.41, 5.74) is 2.95. The molecule has 39 heavy (non-hydrogen) atoms. The number of halogens is 3. The van der Waals surface area contributed by atoms with Crippen molar-refractivity contribution in [2.45, 2.75) is 58.5 Å². The van der Waals surface area contributed by atoms with Gasteiger partial charge >= 0.3 is 12.5 Å². The van der Waals surface area contributed by atoms with Crippen molar-refractivity contribution < 1.29 is 27.4 Å². The second-order valence-corrected chi connectivity index (χ2v) is 10.8. The molecule has 0 saturated carbocycles. The van der Waals surface area contributed by atoms with Crippen molar-refractivity contribution in [3.63, 3.8) is 0 Å². The standard InChI is InChI=1S/C27H29F3N6O3/c1-16(2)35-15-17(12-32-35)21-10-11-31-24-22(21)23(18-13-34(14-18)25(37)39-26(3,4)5)33-36(24)19-6-8-20(9-7-19)38-27(28,29)30/h6-12,15-16,18H,13-14H2,1-5H3. The van der Waals surface area contributed by atoms with Gasteiger partial charge in [-0.1, -0.05) is 0 Å². The number of ether oxygens (including phenoxy) is 2. The Morgan fingerprint density at radius 3 is 2.36 bits per heavy atom. The molecule has 0 atom stereocenters. The Hall–Kier alpha value is -4.09. The third kappa shape index (κ3) is 5.55. The van der Waals surface area contributed by atoms with Crippen molar-refractivity contribution in [3.8, 4) is 22.6 Å². The van der Waals surface area contributed by atoms with Crippen molar-refractivity contribution in [2.75, 3.05) is 13.1 Å². The van der Waals surface area contributed by atoms with Crippen molar-refractivity contribution >= 4 is 17.1 Å². The van der Waals surface area contributed by atoms with Crippen LogP contribution in [0, 0.1) is 0 Å². The minimum absolute atomic E-state index is 0.0859. The number of rotatable bonds is 5. The molecule has 206 valence electrons. The second-order valence-electron chi connectivity index (χ2n) is 10.8. The van der Waals surface area contributed by atoms with E-state index in [9.17, 15) is 18.0 Å². The quantitative estimate of drug-likeness (QED) is 0.303. The number of carbonyl (C=O) groups is 1. The highest BCUT2D eigenvalue weighted by atomic mass is 19.4. The first-order valence-corrected chi connectivity index (χ1v) is 12.6. The minimum atomic E-state index is -4.78. The summed E-state index contributed by atoms with van der Waals surface area (Å²) in [6, 6.07) is 7.53. The number of alkyl halides is 3. The summed E-state index contributed by atoms with van der Waals surface area (Å²) in [7, 11) is 0. The molecule has 5 rings (SSSR count). The van der Waals surface area contributed by atoms with Crippen LogP contribution in [0.2, 0.25) is 0 Å². The smallest absolute Gasteiger partial charge is 0.444 e. The monoisotopic (exact) mass is 542 g/mol. The summed E-state index contributed by atoms with van der Waals surface area (Å²) in [5, 5.41) is 10.1. The summed E-state index contributed by atoms with van der Waals surface area (Å²) in [4.78, 5) is 18.8. The van der Waals surface area contributed by atoms with E-state index in [1.807, 2.05) is 51.6 Å². The molecular weight excluding hydrogens is 513 g/mol. The van der Waals surface area contributed by atoms with Crippen molar-refractivity contribution in [3.05, 3.63) is 54.6 Å². The lowest BCUT2D eigenvalue weighted by Gasteiger charge is -2.39. The number of fused-ring (bicyclic) bond motifs is 1. The fourth-order valence-corrected chi connectivity index (χ4v) is 4.45. The maximum Gasteiger partial charge on any atom is 0.573 e. The largest absolute Gasteiger partial charge is 0.573 e. The average Bonchev–Trinajstić information content (AvgIpc) is 3.43. The normalized spacial score (nSPS) is 14.6. The number of benzene rings is 1. The van der Waals surface area contributed by atoms with Gasteiger partial charge in [0.05, 0.1) is 23.0 Å². The molecule has 4 heterocycles. The predicted molar refractivity (Wildman–Crippen MR) is 138 cm³/mol. The fraction of sp³-hybridized carbons (Fsp3) is 0.407. The van der Waals surface area contributed by atoms with Gasteiger partial charge in [0.25, 0.3) is 0 Å². The Kier molecular flexibility index (Phi) is 6.51. The van der Waals surface area contributed by atoms with E-state index in [2.05, 4.69) is 14.8 Å². The molecule has 0 unspecified atom stereocenters. The molecule has 4 aromatic rings. The summed E-state index contributed by atoms with van der Waals surface area (Å²) < 4.78 is 50.9. The number of hydrogen-bond donors (Lipinski definition) is 0. The number of hydrogen-bond acceptors (Lipinski definition) is 6. The zero-order valence-electron chi connectivity index (χ0n) is 22.2. The van der Waals surface area contributed by atoms with E-state index in [1.54, 1.807) is 22.0 Å². The van der Waals surface area contributed by atoms with Gasteiger partial charge in [0.1, 0.15) is 11.4 Å². The summed E-state index contributed by atoms with van der Waals surface area (Å²) >= 11 is 0. The van der Waals surface area contributed by atoms with Crippen LogP contribution in [0.5, 0.6) is 5.75 Å². The first-order chi connectivity index (χ1) is 18.3. The van der Waals surface area contributed by atoms with Crippen molar-refractivity contribution in [1.29, 1.82) is 0 Å². The van der Waals surface area contributed by atoms with E-state index >= 15 is 0 Å². The van der Waals surface area contributed by atoms with Crippen LogP contribution >= 0.6 is 0 Å². The lowest BCUT2D eigenvalue weighted by atomic mass is 9.92. The summed E-state index contributed by atoms with van der Waals surface area (Å²) in [6.07, 6.45) is 0.235. The molecule has 1 aliphatic heterocycles. The van der Waals surface area contributed by atoms with Crippen LogP contribution < -0.4 is 4.74 Å². The van der Waals surface area contributed by atoms with Gasteiger partial charge in [0.15, 0.2) is 5.65 Å². The molecular formula is C27H29F3N6O3. The van der Waals surface area contributed by atoms with Crippen LogP contribution in [0.15, 0.2) is 48.9 Å². The number of pyridine rings is 1. The highest BCUT2D eigenvalue weighted by molar-refractivity contribution is 5.96. The topological polar surface area (TPSA) is 87.3 Å². The van der Waals surface area contributed by atoms with Gasteiger partial charge in [-0.05, 0) is 70.5 Å². The molecule has 0 aliphatic carbocycles. The van der Waals surface area contributed by atoms with E-state index in [0.717, 1.165) is 22.2 Å². The third-order valence-corrected chi connectivity index (χ3v) is 6.27. The SMILES string of the molecule is CC(C)n1cc(-c2ccnc3c2c(C2CN(C(=O)OC(C)(C)C)C2)nn3-c2ccc(OC(F)(F)F)cc2)cn1. The molecule has 0 spiro atoms. The van der Waals surface area contributed by atoms with Gasteiger partial charge in [0, 0.05) is 43.0 Å². The Bertz CT molecular complexity index is 1500. The van der Waals surface area contributed by atoms with Crippen LogP contribution in [0.1, 0.15) is 52.3 Å². The number of amides is 1. The van der Waals surface area contributed by atoms with Gasteiger partial charge in [-0.25, -0.2) is 14.5 Å². The highest BCUT2D eigenvalue weighted by Crippen LogP contribution is 2.38. The van der Waals surface area contributed by atoms with E-state index in [0.29, 0.717) is 24.4 Å². The molecule has 1 amide bonds. The first-order valence-electron chi connectivity index (χ1n) is 12.6. The molecule has 0 radical (unpaired) electrons. The van der Waals surface area contributed by atoms with E-state index < -0.39 is 12.0 Å². The fourth-order valence-electron chi connectivity index (χ4n) is 4.45. The maximum atomic E-state index is 12.7. The van der Waals surface area contributed by atoms with Gasteiger partial charge in [0.2, 0.25) is 0 Å². The maximum absolute atomic E-state index is 12.7. The molecule has 1 fully saturated rings. The summed E-state index contributed by atoms with van der Waals surface area (Å²) in [6.45, 7) is 10.4. The predicted octanol–water partition coefficient (Wildman–Crippen LogP) is 6.10. The van der Waals surface area contributed by atoms with E-state index in [1.165, 1.54) is 24.3 Å². The van der Waals surface area contributed by atoms with Gasteiger partial charge in [-0.15, -0.1) is 13.2 Å². The van der Waals surface area contributed by atoms with Crippen LogP contribution in [-0.2, 0) is 4.74 Å². The lowest BCUT2D eigenvalue weighted by molar-refractivity contribution is -0.274. The van der Waals surface area contributed by atoms with Gasteiger partial charge in [-0.3, -0.25) is 4.68 Å². The molecule has 1 aromatic carbocycles. The highest BCUT2D eigenvalue weighted by Gasteiger charge is 2.38. The van der Waals surface area contributed by atoms with E-state index in [4.69, 9.17) is 9.84 Å². The first kappa shape index (κ1) is 26.5. The number of nitrogens with zero attached hydrogens (tertiary/aromatic N) is 6. The molecule has 9 nitrogen and oxygen atoms in total. The zero-order chi connectivity index (χ0) is 28.1. The Labute approximate surface area is 223 Å². The molecule has 0 bridgehead atoms. The van der Waals surface area contributed by atoms with Crippen LogP contribution in [0.3, 0.4) is 0 Å². The zero-order valence-corrected chi connectivity index (χ0v) is 22.2. The molecule has 0 N–H and O–H groups in total.